The molecule has 4 heteroatoms. The van der Waals surface area contributed by atoms with Crippen molar-refractivity contribution in [3.63, 3.8) is 0 Å². The average Bonchev–Trinajstić information content (AvgIpc) is 3.03. The second-order valence-electron chi connectivity index (χ2n) is 8.41. The number of para-hydroxylation sites is 1. The largest absolute Gasteiger partial charge is 0.427 e. The predicted octanol–water partition coefficient (Wildman–Crippen LogP) is 5.56. The van der Waals surface area contributed by atoms with Crippen molar-refractivity contribution in [2.24, 2.45) is 5.92 Å². The van der Waals surface area contributed by atoms with E-state index in [4.69, 9.17) is 4.74 Å². The third-order valence-electron chi connectivity index (χ3n) is 5.82. The molecule has 31 heavy (non-hydrogen) atoms. The molecule has 2 aliphatic heterocycles. The summed E-state index contributed by atoms with van der Waals surface area (Å²) in [7, 11) is 0. The summed E-state index contributed by atoms with van der Waals surface area (Å²) >= 11 is 0. The summed E-state index contributed by atoms with van der Waals surface area (Å²) in [6.07, 6.45) is 0.401. The Morgan fingerprint density at radius 2 is 1.39 bits per heavy atom. The maximum absolute atomic E-state index is 14.2. The summed E-state index contributed by atoms with van der Waals surface area (Å²) in [6.45, 7) is 4.08. The number of carbonyl (C=O) groups is 2. The first kappa shape index (κ1) is 19.3. The van der Waals surface area contributed by atoms with Crippen molar-refractivity contribution in [1.29, 1.82) is 0 Å². The Morgan fingerprint density at radius 1 is 0.806 bits per heavy atom. The number of Topliss-reactive ketones (excluding diaryl/α,β-unsaturated/α-hetero) is 1. The fraction of sp³-hybridized carbons (Fsp3) is 0.185. The highest BCUT2D eigenvalue weighted by molar-refractivity contribution is 6.38. The van der Waals surface area contributed by atoms with Gasteiger partial charge in [0, 0.05) is 6.42 Å². The molecule has 2 heterocycles. The quantitative estimate of drug-likeness (QED) is 0.530. The van der Waals surface area contributed by atoms with Gasteiger partial charge in [-0.05, 0) is 29.2 Å². The lowest BCUT2D eigenvalue weighted by Crippen LogP contribution is -2.56. The number of fused-ring (bicyclic) bond motifs is 3. The molecule has 0 saturated carbocycles. The molecule has 0 aliphatic carbocycles. The van der Waals surface area contributed by atoms with Crippen molar-refractivity contribution in [2.75, 3.05) is 4.90 Å². The van der Waals surface area contributed by atoms with Crippen molar-refractivity contribution in [1.82, 2.24) is 0 Å². The highest BCUT2D eigenvalue weighted by Crippen LogP contribution is 2.52. The molecule has 2 aliphatic rings. The molecule has 0 saturated heterocycles. The molecule has 5 rings (SSSR count). The number of ether oxygens (including phenoxy) is 1. The van der Waals surface area contributed by atoms with Crippen LogP contribution in [0.15, 0.2) is 84.9 Å². The normalized spacial score (nSPS) is 20.0. The van der Waals surface area contributed by atoms with E-state index >= 15 is 0 Å². The van der Waals surface area contributed by atoms with Crippen LogP contribution in [0.1, 0.15) is 41.8 Å². The molecule has 154 valence electrons. The van der Waals surface area contributed by atoms with Crippen LogP contribution in [-0.4, -0.2) is 17.5 Å². The van der Waals surface area contributed by atoms with E-state index in [9.17, 15) is 9.59 Å². The smallest absolute Gasteiger partial charge is 0.342 e. The zero-order chi connectivity index (χ0) is 21.6. The van der Waals surface area contributed by atoms with Gasteiger partial charge in [-0.25, -0.2) is 4.79 Å². The maximum Gasteiger partial charge on any atom is 0.342 e. The second-order valence-corrected chi connectivity index (χ2v) is 8.41. The molecule has 0 aromatic heterocycles. The third kappa shape index (κ3) is 2.90. The molecule has 3 aromatic rings. The topological polar surface area (TPSA) is 46.6 Å². The minimum absolute atomic E-state index is 0.136. The molecular weight excluding hydrogens is 386 g/mol. The van der Waals surface area contributed by atoms with E-state index in [0.717, 1.165) is 16.8 Å². The summed E-state index contributed by atoms with van der Waals surface area (Å²) in [6, 6.07) is 26.9. The van der Waals surface area contributed by atoms with E-state index in [1.54, 1.807) is 6.07 Å². The van der Waals surface area contributed by atoms with Crippen LogP contribution in [0.25, 0.3) is 11.3 Å². The molecule has 0 amide bonds. The Morgan fingerprint density at radius 3 is 2.03 bits per heavy atom. The standard InChI is InChI=1S/C27H23NO3/c1-18(2)17-27-25(29)23(19-11-5-3-6-12-19)24(20-13-7-4-8-14-20)28(27)22-16-10-9-15-21(22)26(30)31-27/h3-16,18H,17H2,1-2H3. The first-order valence-corrected chi connectivity index (χ1v) is 10.6. The van der Waals surface area contributed by atoms with Gasteiger partial charge in [0.05, 0.1) is 22.5 Å². The summed E-state index contributed by atoms with van der Waals surface area (Å²) in [4.78, 5) is 29.1. The number of carbonyl (C=O) groups excluding carboxylic acids is 2. The maximum atomic E-state index is 14.2. The molecule has 1 unspecified atom stereocenters. The zero-order valence-corrected chi connectivity index (χ0v) is 17.5. The Balaban J connectivity index is 1.87. The Kier molecular flexibility index (Phi) is 4.51. The predicted molar refractivity (Wildman–Crippen MR) is 121 cm³/mol. The Hall–Kier alpha value is -3.66. The van der Waals surface area contributed by atoms with Gasteiger partial charge in [-0.3, -0.25) is 9.69 Å². The Labute approximate surface area is 181 Å². The lowest BCUT2D eigenvalue weighted by atomic mass is 9.90. The van der Waals surface area contributed by atoms with Crippen molar-refractivity contribution in [3.8, 4) is 0 Å². The van der Waals surface area contributed by atoms with Crippen LogP contribution in [0.3, 0.4) is 0 Å². The SMILES string of the molecule is CC(C)CC12OC(=O)c3ccccc3N1C(c1ccccc1)=C(c1ccccc1)C2=O. The number of benzene rings is 3. The van der Waals surface area contributed by atoms with E-state index < -0.39 is 11.7 Å². The van der Waals surface area contributed by atoms with Gasteiger partial charge in [-0.2, -0.15) is 0 Å². The highest BCUT2D eigenvalue weighted by Gasteiger charge is 2.59. The minimum Gasteiger partial charge on any atom is -0.427 e. The van der Waals surface area contributed by atoms with Gasteiger partial charge < -0.3 is 4.74 Å². The van der Waals surface area contributed by atoms with Gasteiger partial charge in [-0.1, -0.05) is 86.6 Å². The van der Waals surface area contributed by atoms with Crippen LogP contribution in [0.4, 0.5) is 5.69 Å². The molecule has 0 radical (unpaired) electrons. The minimum atomic E-state index is -1.39. The number of esters is 1. The van der Waals surface area contributed by atoms with Crippen LogP contribution in [0, 0.1) is 5.92 Å². The summed E-state index contributed by atoms with van der Waals surface area (Å²) in [5.41, 5.74) is 2.87. The molecule has 3 aromatic carbocycles. The summed E-state index contributed by atoms with van der Waals surface area (Å²) < 4.78 is 6.05. The molecule has 0 bridgehead atoms. The van der Waals surface area contributed by atoms with Crippen molar-refractivity contribution >= 4 is 28.7 Å². The van der Waals surface area contributed by atoms with E-state index in [-0.39, 0.29) is 11.7 Å². The number of rotatable bonds is 4. The van der Waals surface area contributed by atoms with E-state index in [1.807, 2.05) is 97.6 Å². The van der Waals surface area contributed by atoms with E-state index in [1.165, 1.54) is 0 Å². The van der Waals surface area contributed by atoms with Crippen molar-refractivity contribution < 1.29 is 14.3 Å². The van der Waals surface area contributed by atoms with Crippen LogP contribution < -0.4 is 4.90 Å². The lowest BCUT2D eigenvalue weighted by Gasteiger charge is -2.44. The van der Waals surface area contributed by atoms with Gasteiger partial charge in [0.25, 0.3) is 5.72 Å². The van der Waals surface area contributed by atoms with E-state index in [0.29, 0.717) is 23.2 Å². The highest BCUT2D eigenvalue weighted by atomic mass is 16.6. The van der Waals surface area contributed by atoms with Crippen LogP contribution >= 0.6 is 0 Å². The molecule has 0 N–H and O–H groups in total. The molecule has 4 nitrogen and oxygen atoms in total. The van der Waals surface area contributed by atoms with Gasteiger partial charge >= 0.3 is 5.97 Å². The summed E-state index contributed by atoms with van der Waals surface area (Å²) in [5.74, 6) is -0.492. The molecular formula is C27H23NO3. The van der Waals surface area contributed by atoms with Gasteiger partial charge in [0.1, 0.15) is 0 Å². The van der Waals surface area contributed by atoms with Crippen molar-refractivity contribution in [2.45, 2.75) is 26.0 Å². The Bertz CT molecular complexity index is 1200. The van der Waals surface area contributed by atoms with Gasteiger partial charge in [0.2, 0.25) is 5.78 Å². The second kappa shape index (κ2) is 7.24. The van der Waals surface area contributed by atoms with Crippen LogP contribution in [0.2, 0.25) is 0 Å². The fourth-order valence-electron chi connectivity index (χ4n) is 4.67. The van der Waals surface area contributed by atoms with Gasteiger partial charge in [0.15, 0.2) is 0 Å². The molecule has 0 spiro atoms. The number of nitrogens with zero attached hydrogens (tertiary/aromatic N) is 1. The number of hydrogen-bond donors (Lipinski definition) is 0. The number of ketones is 1. The first-order chi connectivity index (χ1) is 15.0. The van der Waals surface area contributed by atoms with Crippen molar-refractivity contribution in [3.05, 3.63) is 102 Å². The fourth-order valence-corrected chi connectivity index (χ4v) is 4.67. The van der Waals surface area contributed by atoms with Crippen LogP contribution in [-0.2, 0) is 9.53 Å². The number of hydrogen-bond acceptors (Lipinski definition) is 4. The summed E-state index contributed by atoms with van der Waals surface area (Å²) in [5, 5.41) is 0. The van der Waals surface area contributed by atoms with Gasteiger partial charge in [-0.15, -0.1) is 0 Å². The third-order valence-corrected chi connectivity index (χ3v) is 5.82. The van der Waals surface area contributed by atoms with Crippen LogP contribution in [0.5, 0.6) is 0 Å². The first-order valence-electron chi connectivity index (χ1n) is 10.6. The molecule has 0 fully saturated rings. The number of anilines is 1. The monoisotopic (exact) mass is 409 g/mol. The lowest BCUT2D eigenvalue weighted by molar-refractivity contribution is -0.132. The average molecular weight is 409 g/mol. The molecule has 1 atom stereocenters. The van der Waals surface area contributed by atoms with E-state index in [2.05, 4.69) is 0 Å². The zero-order valence-electron chi connectivity index (χ0n) is 17.5.